The molecular weight excluding hydrogens is 279 g/mol. The first-order valence-electron chi connectivity index (χ1n) is 7.08. The van der Waals surface area contributed by atoms with Gasteiger partial charge >= 0.3 is 6.18 Å². The molecule has 0 spiro atoms. The molecule has 0 aromatic heterocycles. The van der Waals surface area contributed by atoms with E-state index in [1.807, 2.05) is 4.90 Å². The zero-order valence-electron chi connectivity index (χ0n) is 11.5. The van der Waals surface area contributed by atoms with E-state index in [2.05, 4.69) is 5.32 Å². The molecule has 0 aliphatic carbocycles. The Hall–Kier alpha value is -1.74. The molecule has 0 saturated carbocycles. The van der Waals surface area contributed by atoms with Crippen LogP contribution in [0.25, 0.3) is 0 Å². The van der Waals surface area contributed by atoms with Gasteiger partial charge in [-0.25, -0.2) is 0 Å². The molecule has 1 aromatic rings. The van der Waals surface area contributed by atoms with E-state index in [-0.39, 0.29) is 5.56 Å². The van der Waals surface area contributed by atoms with Crippen LogP contribution in [-0.2, 0) is 6.18 Å². The van der Waals surface area contributed by atoms with E-state index >= 15 is 0 Å². The Bertz CT molecular complexity index is 563. The maximum atomic E-state index is 13.0. The number of hydrogen-bond donors (Lipinski definition) is 1. The molecule has 0 bridgehead atoms. The molecule has 2 heterocycles. The van der Waals surface area contributed by atoms with Crippen molar-refractivity contribution < 1.29 is 13.2 Å². The van der Waals surface area contributed by atoms with Gasteiger partial charge in [-0.05, 0) is 43.5 Å². The average molecular weight is 295 g/mol. The van der Waals surface area contributed by atoms with Gasteiger partial charge in [-0.15, -0.1) is 0 Å². The number of anilines is 1. The summed E-state index contributed by atoms with van der Waals surface area (Å²) in [5, 5.41) is 12.3. The minimum absolute atomic E-state index is 0.319. The molecule has 2 aliphatic heterocycles. The van der Waals surface area contributed by atoms with Gasteiger partial charge in [0.2, 0.25) is 0 Å². The van der Waals surface area contributed by atoms with Crippen molar-refractivity contribution >= 4 is 5.69 Å². The van der Waals surface area contributed by atoms with Crippen molar-refractivity contribution in [3.63, 3.8) is 0 Å². The average Bonchev–Trinajstić information content (AvgIpc) is 2.89. The van der Waals surface area contributed by atoms with Crippen LogP contribution in [-0.4, -0.2) is 25.7 Å². The van der Waals surface area contributed by atoms with E-state index in [1.54, 1.807) is 12.1 Å². The number of fused-ring (bicyclic) bond motifs is 1. The van der Waals surface area contributed by atoms with E-state index in [4.69, 9.17) is 5.26 Å². The summed E-state index contributed by atoms with van der Waals surface area (Å²) in [6, 6.07) is 5.98. The molecule has 1 N–H and O–H groups in total. The minimum atomic E-state index is -4.49. The number of rotatable bonds is 1. The predicted octanol–water partition coefficient (Wildman–Crippen LogP) is 2.77. The fourth-order valence-corrected chi connectivity index (χ4v) is 3.32. The van der Waals surface area contributed by atoms with Gasteiger partial charge in [0.05, 0.1) is 17.2 Å². The van der Waals surface area contributed by atoms with Crippen molar-refractivity contribution in [2.24, 2.45) is 5.92 Å². The van der Waals surface area contributed by atoms with Crippen molar-refractivity contribution in [2.45, 2.75) is 25.1 Å². The second-order valence-electron chi connectivity index (χ2n) is 5.71. The van der Waals surface area contributed by atoms with E-state index in [0.717, 1.165) is 38.5 Å². The number of benzene rings is 1. The summed E-state index contributed by atoms with van der Waals surface area (Å²) < 4.78 is 39.0. The topological polar surface area (TPSA) is 39.1 Å². The van der Waals surface area contributed by atoms with Crippen LogP contribution in [0, 0.1) is 17.2 Å². The Kier molecular flexibility index (Phi) is 3.54. The number of piperidine rings is 1. The molecule has 6 heteroatoms. The summed E-state index contributed by atoms with van der Waals surface area (Å²) >= 11 is 0. The quantitative estimate of drug-likeness (QED) is 0.866. The van der Waals surface area contributed by atoms with Crippen molar-refractivity contribution in [1.29, 1.82) is 5.26 Å². The van der Waals surface area contributed by atoms with Gasteiger partial charge in [0.25, 0.3) is 0 Å². The van der Waals surface area contributed by atoms with Crippen molar-refractivity contribution in [1.82, 2.24) is 5.32 Å². The second-order valence-corrected chi connectivity index (χ2v) is 5.71. The fraction of sp³-hybridized carbons (Fsp3) is 0.533. The molecule has 21 heavy (non-hydrogen) atoms. The number of nitrogens with zero attached hydrogens (tertiary/aromatic N) is 2. The first-order valence-corrected chi connectivity index (χ1v) is 7.08. The highest BCUT2D eigenvalue weighted by Gasteiger charge is 2.37. The Morgan fingerprint density at radius 1 is 1.29 bits per heavy atom. The Balaban J connectivity index is 1.88. The maximum Gasteiger partial charge on any atom is 0.417 e. The predicted molar refractivity (Wildman–Crippen MR) is 72.9 cm³/mol. The molecule has 3 nitrogen and oxygen atoms in total. The van der Waals surface area contributed by atoms with Crippen LogP contribution in [0.15, 0.2) is 18.2 Å². The van der Waals surface area contributed by atoms with Crippen LogP contribution in [0.4, 0.5) is 18.9 Å². The van der Waals surface area contributed by atoms with Crippen molar-refractivity contribution in [3.8, 4) is 6.07 Å². The third-order valence-corrected chi connectivity index (χ3v) is 4.39. The first-order chi connectivity index (χ1) is 9.99. The third kappa shape index (κ3) is 2.70. The lowest BCUT2D eigenvalue weighted by atomic mass is 9.94. The minimum Gasteiger partial charge on any atom is -0.370 e. The summed E-state index contributed by atoms with van der Waals surface area (Å²) in [5.41, 5.74) is -0.608. The molecule has 112 valence electrons. The van der Waals surface area contributed by atoms with Crippen LogP contribution < -0.4 is 10.2 Å². The molecule has 0 radical (unpaired) electrons. The summed E-state index contributed by atoms with van der Waals surface area (Å²) in [4.78, 5) is 1.99. The van der Waals surface area contributed by atoms with E-state index < -0.39 is 11.7 Å². The molecule has 1 aromatic carbocycles. The summed E-state index contributed by atoms with van der Waals surface area (Å²) in [7, 11) is 0. The number of nitriles is 1. The summed E-state index contributed by atoms with van der Waals surface area (Å²) in [6.45, 7) is 2.49. The van der Waals surface area contributed by atoms with E-state index in [9.17, 15) is 13.2 Å². The number of nitrogens with one attached hydrogen (secondary N) is 1. The van der Waals surface area contributed by atoms with Crippen LogP contribution >= 0.6 is 0 Å². The standard InChI is InChI=1S/C15H16F3N3/c16-15(17,18)13-6-12(4-3-10(13)7-19)21-8-11-2-1-5-20-14(11)9-21/h3-4,6,11,14,20H,1-2,5,8-9H2/t11-,14+/m0/s1. The zero-order chi connectivity index (χ0) is 15.0. The molecule has 0 amide bonds. The highest BCUT2D eigenvalue weighted by atomic mass is 19.4. The van der Waals surface area contributed by atoms with Crippen molar-refractivity contribution in [3.05, 3.63) is 29.3 Å². The van der Waals surface area contributed by atoms with Gasteiger partial charge in [0.15, 0.2) is 0 Å². The van der Waals surface area contributed by atoms with Gasteiger partial charge in [0, 0.05) is 24.8 Å². The molecule has 2 fully saturated rings. The molecular formula is C15H16F3N3. The van der Waals surface area contributed by atoms with Gasteiger partial charge in [-0.1, -0.05) is 0 Å². The molecule has 2 saturated heterocycles. The summed E-state index contributed by atoms with van der Waals surface area (Å²) in [5.74, 6) is 0.503. The van der Waals surface area contributed by atoms with Gasteiger partial charge in [0.1, 0.15) is 0 Å². The van der Waals surface area contributed by atoms with Crippen LogP contribution in [0.2, 0.25) is 0 Å². The molecule has 3 rings (SSSR count). The van der Waals surface area contributed by atoms with E-state index in [1.165, 1.54) is 6.07 Å². The Morgan fingerprint density at radius 3 is 2.76 bits per heavy atom. The highest BCUT2D eigenvalue weighted by molar-refractivity contribution is 5.55. The normalized spacial score (nSPS) is 25.5. The number of hydrogen-bond acceptors (Lipinski definition) is 3. The number of alkyl halides is 3. The monoisotopic (exact) mass is 295 g/mol. The smallest absolute Gasteiger partial charge is 0.370 e. The SMILES string of the molecule is N#Cc1ccc(N2C[C@@H]3CCCN[C@@H]3C2)cc1C(F)(F)F. The fourth-order valence-electron chi connectivity index (χ4n) is 3.32. The lowest BCUT2D eigenvalue weighted by Crippen LogP contribution is -2.40. The maximum absolute atomic E-state index is 13.0. The van der Waals surface area contributed by atoms with Gasteiger partial charge < -0.3 is 10.2 Å². The molecule has 2 atom stereocenters. The van der Waals surface area contributed by atoms with Gasteiger partial charge in [-0.2, -0.15) is 18.4 Å². The molecule has 0 unspecified atom stereocenters. The van der Waals surface area contributed by atoms with Crippen LogP contribution in [0.3, 0.4) is 0 Å². The molecule has 2 aliphatic rings. The number of halogens is 3. The lowest BCUT2D eigenvalue weighted by Gasteiger charge is -2.24. The van der Waals surface area contributed by atoms with Crippen molar-refractivity contribution in [2.75, 3.05) is 24.5 Å². The Morgan fingerprint density at radius 2 is 2.10 bits per heavy atom. The zero-order valence-corrected chi connectivity index (χ0v) is 11.5. The third-order valence-electron chi connectivity index (χ3n) is 4.39. The van der Waals surface area contributed by atoms with Crippen LogP contribution in [0.5, 0.6) is 0 Å². The van der Waals surface area contributed by atoms with E-state index in [0.29, 0.717) is 17.6 Å². The lowest BCUT2D eigenvalue weighted by molar-refractivity contribution is -0.137. The van der Waals surface area contributed by atoms with Crippen LogP contribution in [0.1, 0.15) is 24.0 Å². The first kappa shape index (κ1) is 14.2. The summed E-state index contributed by atoms with van der Waals surface area (Å²) in [6.07, 6.45) is -2.25. The Labute approximate surface area is 121 Å². The van der Waals surface area contributed by atoms with Gasteiger partial charge in [-0.3, -0.25) is 0 Å². The second kappa shape index (κ2) is 5.23. The highest BCUT2D eigenvalue weighted by Crippen LogP contribution is 2.36. The largest absolute Gasteiger partial charge is 0.417 e.